The normalized spacial score (nSPS) is 26.3. The molecule has 0 atom stereocenters. The third-order valence-electron chi connectivity index (χ3n) is 3.12. The molecule has 78 valence electrons. The van der Waals surface area contributed by atoms with E-state index in [0.717, 1.165) is 12.8 Å². The Morgan fingerprint density at radius 1 is 1.21 bits per heavy atom. The monoisotopic (exact) mass is 199 g/mol. The van der Waals surface area contributed by atoms with Crippen molar-refractivity contribution in [1.82, 2.24) is 4.90 Å². The molecule has 1 saturated heterocycles. The van der Waals surface area contributed by atoms with Crippen molar-refractivity contribution in [3.63, 3.8) is 0 Å². The predicted molar refractivity (Wildman–Crippen MR) is 47.0 cm³/mol. The average molecular weight is 199 g/mol. The SMILES string of the molecule is O=C(O)C1(C(=O)O)CCCN1C1CC1. The largest absolute Gasteiger partial charge is 0.479 e. The van der Waals surface area contributed by atoms with Gasteiger partial charge >= 0.3 is 11.9 Å². The summed E-state index contributed by atoms with van der Waals surface area (Å²) in [6.45, 7) is 0.600. The molecule has 1 saturated carbocycles. The molecule has 0 unspecified atom stereocenters. The third-order valence-corrected chi connectivity index (χ3v) is 3.12. The summed E-state index contributed by atoms with van der Waals surface area (Å²) >= 11 is 0. The number of nitrogens with zero attached hydrogens (tertiary/aromatic N) is 1. The Labute approximate surface area is 81.3 Å². The van der Waals surface area contributed by atoms with Crippen LogP contribution in [0, 0.1) is 0 Å². The fraction of sp³-hybridized carbons (Fsp3) is 0.778. The lowest BCUT2D eigenvalue weighted by Gasteiger charge is -2.30. The van der Waals surface area contributed by atoms with Gasteiger partial charge in [0.25, 0.3) is 0 Å². The van der Waals surface area contributed by atoms with E-state index >= 15 is 0 Å². The number of rotatable bonds is 3. The van der Waals surface area contributed by atoms with Gasteiger partial charge in [-0.05, 0) is 25.7 Å². The maximum absolute atomic E-state index is 11.1. The molecule has 1 aliphatic carbocycles. The van der Waals surface area contributed by atoms with Crippen molar-refractivity contribution < 1.29 is 19.8 Å². The van der Waals surface area contributed by atoms with Gasteiger partial charge in [-0.3, -0.25) is 4.90 Å². The minimum absolute atomic E-state index is 0.185. The Bertz CT molecular complexity index is 271. The number of hydrogen-bond donors (Lipinski definition) is 2. The van der Waals surface area contributed by atoms with Gasteiger partial charge in [-0.2, -0.15) is 0 Å². The van der Waals surface area contributed by atoms with Crippen molar-refractivity contribution >= 4 is 11.9 Å². The molecule has 0 aromatic heterocycles. The number of carboxylic acids is 2. The first-order valence-corrected chi connectivity index (χ1v) is 4.82. The molecule has 0 aromatic carbocycles. The summed E-state index contributed by atoms with van der Waals surface area (Å²) in [7, 11) is 0. The van der Waals surface area contributed by atoms with E-state index in [0.29, 0.717) is 13.0 Å². The molecule has 0 radical (unpaired) electrons. The van der Waals surface area contributed by atoms with E-state index in [1.54, 1.807) is 4.90 Å². The van der Waals surface area contributed by atoms with Gasteiger partial charge in [0.05, 0.1) is 0 Å². The van der Waals surface area contributed by atoms with Crippen LogP contribution in [-0.2, 0) is 9.59 Å². The quantitative estimate of drug-likeness (QED) is 0.633. The Kier molecular flexibility index (Phi) is 1.99. The second kappa shape index (κ2) is 2.95. The molecule has 5 heteroatoms. The van der Waals surface area contributed by atoms with Gasteiger partial charge in [0, 0.05) is 12.6 Å². The zero-order valence-corrected chi connectivity index (χ0v) is 7.77. The highest BCUT2D eigenvalue weighted by Crippen LogP contribution is 2.39. The van der Waals surface area contributed by atoms with Crippen LogP contribution in [0.1, 0.15) is 25.7 Å². The number of carboxylic acid groups (broad SMARTS) is 2. The van der Waals surface area contributed by atoms with Gasteiger partial charge in [-0.15, -0.1) is 0 Å². The molecule has 1 aliphatic heterocycles. The molecule has 0 spiro atoms. The van der Waals surface area contributed by atoms with Crippen molar-refractivity contribution in [2.24, 2.45) is 0 Å². The topological polar surface area (TPSA) is 77.8 Å². The van der Waals surface area contributed by atoms with Crippen LogP contribution in [0.3, 0.4) is 0 Å². The molecule has 2 aliphatic rings. The maximum Gasteiger partial charge on any atom is 0.335 e. The zero-order valence-electron chi connectivity index (χ0n) is 7.77. The highest BCUT2D eigenvalue weighted by Gasteiger charge is 2.58. The molecule has 0 amide bonds. The molecular formula is C9H13NO4. The smallest absolute Gasteiger partial charge is 0.335 e. The Hall–Kier alpha value is -1.10. The van der Waals surface area contributed by atoms with Gasteiger partial charge in [0.2, 0.25) is 5.54 Å². The maximum atomic E-state index is 11.1. The summed E-state index contributed by atoms with van der Waals surface area (Å²) in [6.07, 6.45) is 2.76. The molecule has 1 heterocycles. The second-order valence-electron chi connectivity index (χ2n) is 4.00. The summed E-state index contributed by atoms with van der Waals surface area (Å²) in [5.41, 5.74) is -1.64. The number of hydrogen-bond acceptors (Lipinski definition) is 3. The lowest BCUT2D eigenvalue weighted by molar-refractivity contribution is -0.165. The number of carbonyl (C=O) groups is 2. The zero-order chi connectivity index (χ0) is 10.3. The first-order valence-electron chi connectivity index (χ1n) is 4.82. The molecule has 2 fully saturated rings. The summed E-state index contributed by atoms with van der Waals surface area (Å²) in [4.78, 5) is 23.8. The van der Waals surface area contributed by atoms with Gasteiger partial charge in [-0.25, -0.2) is 9.59 Å². The van der Waals surface area contributed by atoms with Crippen LogP contribution in [0.15, 0.2) is 0 Å². The van der Waals surface area contributed by atoms with Gasteiger partial charge in [0.15, 0.2) is 0 Å². The molecule has 2 rings (SSSR count). The van der Waals surface area contributed by atoms with Crippen LogP contribution < -0.4 is 0 Å². The number of aliphatic carboxylic acids is 2. The third kappa shape index (κ3) is 1.12. The van der Waals surface area contributed by atoms with Gasteiger partial charge in [-0.1, -0.05) is 0 Å². The van der Waals surface area contributed by atoms with Crippen molar-refractivity contribution in [2.75, 3.05) is 6.54 Å². The molecule has 2 N–H and O–H groups in total. The first kappa shape index (κ1) is 9.45. The molecule has 5 nitrogen and oxygen atoms in total. The minimum atomic E-state index is -1.64. The molecule has 0 aromatic rings. The Morgan fingerprint density at radius 2 is 1.79 bits per heavy atom. The van der Waals surface area contributed by atoms with E-state index in [9.17, 15) is 9.59 Å². The van der Waals surface area contributed by atoms with E-state index in [1.165, 1.54) is 0 Å². The second-order valence-corrected chi connectivity index (χ2v) is 4.00. The molecule has 0 bridgehead atoms. The van der Waals surface area contributed by atoms with Crippen LogP contribution in [-0.4, -0.2) is 45.2 Å². The highest BCUT2D eigenvalue weighted by molar-refractivity contribution is 6.03. The fourth-order valence-electron chi connectivity index (χ4n) is 2.27. The summed E-state index contributed by atoms with van der Waals surface area (Å²) in [6, 6.07) is 0.185. The van der Waals surface area contributed by atoms with Crippen LogP contribution >= 0.6 is 0 Å². The summed E-state index contributed by atoms with van der Waals surface area (Å²) in [5, 5.41) is 18.1. The molecular weight excluding hydrogens is 186 g/mol. The Morgan fingerprint density at radius 3 is 2.21 bits per heavy atom. The summed E-state index contributed by atoms with van der Waals surface area (Å²) < 4.78 is 0. The van der Waals surface area contributed by atoms with Crippen molar-refractivity contribution in [1.29, 1.82) is 0 Å². The highest BCUT2D eigenvalue weighted by atomic mass is 16.4. The van der Waals surface area contributed by atoms with Crippen molar-refractivity contribution in [3.05, 3.63) is 0 Å². The first-order chi connectivity index (χ1) is 6.59. The van der Waals surface area contributed by atoms with Crippen LogP contribution in [0.2, 0.25) is 0 Å². The van der Waals surface area contributed by atoms with Crippen LogP contribution in [0.25, 0.3) is 0 Å². The van der Waals surface area contributed by atoms with E-state index < -0.39 is 17.5 Å². The lowest BCUT2D eigenvalue weighted by atomic mass is 9.96. The summed E-state index contributed by atoms with van der Waals surface area (Å²) in [5.74, 6) is -2.43. The Balaban J connectivity index is 2.31. The minimum Gasteiger partial charge on any atom is -0.479 e. The van der Waals surface area contributed by atoms with Crippen molar-refractivity contribution in [3.8, 4) is 0 Å². The van der Waals surface area contributed by atoms with E-state index in [-0.39, 0.29) is 12.5 Å². The predicted octanol–water partition coefficient (Wildman–Crippen LogP) is 0.153. The van der Waals surface area contributed by atoms with Gasteiger partial charge < -0.3 is 10.2 Å². The van der Waals surface area contributed by atoms with Crippen LogP contribution in [0.5, 0.6) is 0 Å². The van der Waals surface area contributed by atoms with E-state index in [2.05, 4.69) is 0 Å². The average Bonchev–Trinajstić information content (AvgIpc) is 2.83. The fourth-order valence-corrected chi connectivity index (χ4v) is 2.27. The van der Waals surface area contributed by atoms with Crippen LogP contribution in [0.4, 0.5) is 0 Å². The standard InChI is InChI=1S/C9H13NO4/c11-7(12)9(8(13)14)4-1-5-10(9)6-2-3-6/h6H,1-5H2,(H,11,12)(H,13,14). The van der Waals surface area contributed by atoms with E-state index in [4.69, 9.17) is 10.2 Å². The van der Waals surface area contributed by atoms with Gasteiger partial charge in [0.1, 0.15) is 0 Å². The lowest BCUT2D eigenvalue weighted by Crippen LogP contribution is -2.57. The van der Waals surface area contributed by atoms with E-state index in [1.807, 2.05) is 0 Å². The molecule has 14 heavy (non-hydrogen) atoms. The number of likely N-dealkylation sites (tertiary alicyclic amines) is 1. The van der Waals surface area contributed by atoms with Crippen molar-refractivity contribution in [2.45, 2.75) is 37.3 Å².